The largest absolute Gasteiger partial charge is 0.369 e. The minimum Gasteiger partial charge on any atom is -0.369 e. The number of para-hydroxylation sites is 1. The average Bonchev–Trinajstić information content (AvgIpc) is 3.28. The van der Waals surface area contributed by atoms with E-state index >= 15 is 0 Å². The van der Waals surface area contributed by atoms with E-state index < -0.39 is 11.6 Å². The Labute approximate surface area is 214 Å². The van der Waals surface area contributed by atoms with E-state index in [1.54, 1.807) is 6.07 Å². The third-order valence-corrected chi connectivity index (χ3v) is 6.94. The van der Waals surface area contributed by atoms with Gasteiger partial charge in [0.1, 0.15) is 23.1 Å². The number of aryl methyl sites for hydroxylation is 1. The molecule has 1 aliphatic rings. The van der Waals surface area contributed by atoms with E-state index in [2.05, 4.69) is 29.2 Å². The predicted octanol–water partition coefficient (Wildman–Crippen LogP) is 4.73. The van der Waals surface area contributed by atoms with Crippen molar-refractivity contribution >= 4 is 5.82 Å². The van der Waals surface area contributed by atoms with E-state index in [1.165, 1.54) is 10.7 Å². The molecule has 7 nitrogen and oxygen atoms in total. The maximum Gasteiger partial charge on any atom is 0.271 e. The molecule has 37 heavy (non-hydrogen) atoms. The summed E-state index contributed by atoms with van der Waals surface area (Å²) in [4.78, 5) is 15.1. The van der Waals surface area contributed by atoms with Gasteiger partial charge in [0, 0.05) is 37.2 Å². The van der Waals surface area contributed by atoms with Crippen molar-refractivity contribution in [3.8, 4) is 28.2 Å². The second-order valence-corrected chi connectivity index (χ2v) is 9.37. The van der Waals surface area contributed by atoms with Crippen molar-refractivity contribution in [3.05, 3.63) is 82.1 Å². The van der Waals surface area contributed by atoms with Crippen molar-refractivity contribution in [1.29, 1.82) is 0 Å². The summed E-state index contributed by atoms with van der Waals surface area (Å²) in [5.41, 5.74) is 2.57. The van der Waals surface area contributed by atoms with Crippen molar-refractivity contribution in [1.82, 2.24) is 24.5 Å². The average molecular weight is 505 g/mol. The number of hydrogen-bond donors (Lipinski definition) is 1. The SMILES string of the molecule is CCN(CC)CC1CNc2c(-c3ccc(=O)n(-c4ccccc4C)n3)c(-c3cc(F)ccc3F)nn2C1. The van der Waals surface area contributed by atoms with Gasteiger partial charge in [0.15, 0.2) is 0 Å². The zero-order chi connectivity index (χ0) is 26.1. The number of nitrogens with one attached hydrogen (secondary N) is 1. The topological polar surface area (TPSA) is 68.0 Å². The molecule has 1 unspecified atom stereocenters. The van der Waals surface area contributed by atoms with Crippen LogP contribution >= 0.6 is 0 Å². The number of rotatable bonds is 7. The van der Waals surface area contributed by atoms with Crippen LogP contribution in [0.4, 0.5) is 14.6 Å². The second kappa shape index (κ2) is 10.3. The molecule has 3 heterocycles. The number of aromatic nitrogens is 4. The summed E-state index contributed by atoms with van der Waals surface area (Å²) >= 11 is 0. The minimum absolute atomic E-state index is 0.0504. The van der Waals surface area contributed by atoms with E-state index in [0.29, 0.717) is 41.8 Å². The van der Waals surface area contributed by atoms with Crippen LogP contribution in [0, 0.1) is 24.5 Å². The molecule has 2 aromatic carbocycles. The standard InChI is InChI=1S/C28H30F2N6O/c1-4-34(5-2)16-19-15-31-28-26(27(33-35(28)17-19)21-14-20(29)10-11-22(21)30)23-12-13-25(37)36(32-23)24-9-7-6-8-18(24)3/h6-14,19,31H,4-5,15-17H2,1-3H3. The molecule has 0 saturated heterocycles. The number of fused-ring (bicyclic) bond motifs is 1. The predicted molar refractivity (Wildman–Crippen MR) is 141 cm³/mol. The van der Waals surface area contributed by atoms with Gasteiger partial charge in [-0.2, -0.15) is 14.9 Å². The maximum atomic E-state index is 15.0. The molecule has 0 radical (unpaired) electrons. The van der Waals surface area contributed by atoms with Crippen molar-refractivity contribution < 1.29 is 8.78 Å². The fourth-order valence-corrected chi connectivity index (χ4v) is 4.92. The second-order valence-electron chi connectivity index (χ2n) is 9.37. The summed E-state index contributed by atoms with van der Waals surface area (Å²) in [7, 11) is 0. The van der Waals surface area contributed by atoms with Gasteiger partial charge in [-0.15, -0.1) is 0 Å². The number of anilines is 1. The van der Waals surface area contributed by atoms with Crippen LogP contribution in [-0.4, -0.2) is 50.6 Å². The first-order valence-corrected chi connectivity index (χ1v) is 12.6. The first kappa shape index (κ1) is 24.8. The summed E-state index contributed by atoms with van der Waals surface area (Å²) in [5, 5.41) is 12.9. The molecule has 1 atom stereocenters. The van der Waals surface area contributed by atoms with Crippen molar-refractivity contribution in [2.24, 2.45) is 5.92 Å². The number of nitrogens with zero attached hydrogens (tertiary/aromatic N) is 5. The number of hydrogen-bond acceptors (Lipinski definition) is 5. The normalized spacial score (nSPS) is 15.0. The van der Waals surface area contributed by atoms with Gasteiger partial charge in [-0.25, -0.2) is 13.5 Å². The highest BCUT2D eigenvalue weighted by atomic mass is 19.1. The third kappa shape index (κ3) is 4.79. The van der Waals surface area contributed by atoms with Gasteiger partial charge in [0.25, 0.3) is 5.56 Å². The Hall–Kier alpha value is -3.85. The van der Waals surface area contributed by atoms with Crippen LogP contribution < -0.4 is 10.9 Å². The maximum absolute atomic E-state index is 15.0. The molecule has 0 amide bonds. The van der Waals surface area contributed by atoms with Crippen molar-refractivity contribution in [2.45, 2.75) is 27.3 Å². The summed E-state index contributed by atoms with van der Waals surface area (Å²) in [6, 6.07) is 13.9. The first-order chi connectivity index (χ1) is 17.9. The molecule has 0 bridgehead atoms. The smallest absolute Gasteiger partial charge is 0.271 e. The van der Waals surface area contributed by atoms with Gasteiger partial charge < -0.3 is 10.2 Å². The van der Waals surface area contributed by atoms with Crippen LogP contribution in [-0.2, 0) is 6.54 Å². The van der Waals surface area contributed by atoms with Gasteiger partial charge in [0.2, 0.25) is 0 Å². The Morgan fingerprint density at radius 2 is 1.84 bits per heavy atom. The van der Waals surface area contributed by atoms with Gasteiger partial charge >= 0.3 is 0 Å². The van der Waals surface area contributed by atoms with Gasteiger partial charge in [-0.1, -0.05) is 32.0 Å². The molecule has 2 aromatic heterocycles. The van der Waals surface area contributed by atoms with Crippen molar-refractivity contribution in [2.75, 3.05) is 31.5 Å². The van der Waals surface area contributed by atoms with Crippen LogP contribution in [0.3, 0.4) is 0 Å². The number of benzene rings is 2. The zero-order valence-electron chi connectivity index (χ0n) is 21.2. The fourth-order valence-electron chi connectivity index (χ4n) is 4.92. The van der Waals surface area contributed by atoms with Crippen LogP contribution in [0.25, 0.3) is 28.2 Å². The molecule has 1 N–H and O–H groups in total. The van der Waals surface area contributed by atoms with Crippen molar-refractivity contribution in [3.63, 3.8) is 0 Å². The van der Waals surface area contributed by atoms with Gasteiger partial charge in [-0.3, -0.25) is 4.79 Å². The van der Waals surface area contributed by atoms with Crippen LogP contribution in [0.2, 0.25) is 0 Å². The Balaban J connectivity index is 1.67. The third-order valence-electron chi connectivity index (χ3n) is 6.94. The zero-order valence-corrected chi connectivity index (χ0v) is 21.2. The van der Waals surface area contributed by atoms with E-state index in [4.69, 9.17) is 5.10 Å². The summed E-state index contributed by atoms with van der Waals surface area (Å²) < 4.78 is 32.4. The Bertz CT molecular complexity index is 1490. The van der Waals surface area contributed by atoms with Gasteiger partial charge in [-0.05, 0) is 55.9 Å². The monoisotopic (exact) mass is 504 g/mol. The van der Waals surface area contributed by atoms with Crippen LogP contribution in [0.5, 0.6) is 0 Å². The molecular formula is C28H30F2N6O. The molecule has 0 aliphatic carbocycles. The lowest BCUT2D eigenvalue weighted by atomic mass is 10.0. The molecule has 0 fully saturated rings. The van der Waals surface area contributed by atoms with E-state index in [-0.39, 0.29) is 16.8 Å². The molecule has 1 aliphatic heterocycles. The Kier molecular flexibility index (Phi) is 6.88. The lowest BCUT2D eigenvalue weighted by Crippen LogP contribution is -2.37. The number of halogens is 2. The first-order valence-electron chi connectivity index (χ1n) is 12.6. The Morgan fingerprint density at radius 1 is 1.05 bits per heavy atom. The highest BCUT2D eigenvalue weighted by Crippen LogP contribution is 2.39. The van der Waals surface area contributed by atoms with E-state index in [9.17, 15) is 13.6 Å². The lowest BCUT2D eigenvalue weighted by Gasteiger charge is -2.30. The lowest BCUT2D eigenvalue weighted by molar-refractivity contribution is 0.235. The summed E-state index contributed by atoms with van der Waals surface area (Å²) in [6.07, 6.45) is 0. The molecule has 0 saturated carbocycles. The highest BCUT2D eigenvalue weighted by molar-refractivity contribution is 5.87. The highest BCUT2D eigenvalue weighted by Gasteiger charge is 2.29. The summed E-state index contributed by atoms with van der Waals surface area (Å²) in [6.45, 7) is 10.3. The van der Waals surface area contributed by atoms with E-state index in [0.717, 1.165) is 43.4 Å². The molecule has 9 heteroatoms. The molecule has 192 valence electrons. The Morgan fingerprint density at radius 3 is 2.59 bits per heavy atom. The fraction of sp³-hybridized carbons (Fsp3) is 0.321. The quantitative estimate of drug-likeness (QED) is 0.394. The molecule has 4 aromatic rings. The van der Waals surface area contributed by atoms with Crippen LogP contribution in [0.1, 0.15) is 19.4 Å². The van der Waals surface area contributed by atoms with E-state index in [1.807, 2.05) is 35.9 Å². The molecule has 0 spiro atoms. The van der Waals surface area contributed by atoms with Crippen LogP contribution in [0.15, 0.2) is 59.4 Å². The summed E-state index contributed by atoms with van der Waals surface area (Å²) in [5.74, 6) is -0.167. The minimum atomic E-state index is -0.579. The molecule has 5 rings (SSSR count). The van der Waals surface area contributed by atoms with Gasteiger partial charge in [0.05, 0.1) is 16.9 Å². The molecular weight excluding hydrogens is 474 g/mol.